The van der Waals surface area contributed by atoms with E-state index >= 15 is 0 Å². The monoisotopic (exact) mass is 1030 g/mol. The lowest BCUT2D eigenvalue weighted by atomic mass is 10.0. The van der Waals surface area contributed by atoms with Gasteiger partial charge in [0, 0.05) is 19.3 Å². The van der Waals surface area contributed by atoms with Gasteiger partial charge in [-0.15, -0.1) is 0 Å². The van der Waals surface area contributed by atoms with Crippen LogP contribution < -0.4 is 0 Å². The fourth-order valence-electron chi connectivity index (χ4n) is 9.44. The second-order valence-electron chi connectivity index (χ2n) is 21.6. The van der Waals surface area contributed by atoms with E-state index in [-0.39, 0.29) is 31.1 Å². The Kier molecular flexibility index (Phi) is 60.2. The number of unbranched alkanes of at least 4 members (excludes halogenated alkanes) is 38. The molecule has 0 saturated carbocycles. The van der Waals surface area contributed by atoms with Gasteiger partial charge in [-0.1, -0.05) is 300 Å². The molecule has 0 aliphatic rings. The van der Waals surface area contributed by atoms with Crippen LogP contribution in [0.25, 0.3) is 0 Å². The number of ether oxygens (including phenoxy) is 3. The lowest BCUT2D eigenvalue weighted by Gasteiger charge is -2.18. The van der Waals surface area contributed by atoms with Crippen molar-refractivity contribution < 1.29 is 28.6 Å². The van der Waals surface area contributed by atoms with Crippen molar-refractivity contribution in [3.63, 3.8) is 0 Å². The average molecular weight is 1040 g/mol. The Hall–Kier alpha value is -2.89. The summed E-state index contributed by atoms with van der Waals surface area (Å²) < 4.78 is 16.9. The van der Waals surface area contributed by atoms with Gasteiger partial charge < -0.3 is 14.2 Å². The first-order valence-corrected chi connectivity index (χ1v) is 32.3. The summed E-state index contributed by atoms with van der Waals surface area (Å²) in [6.45, 7) is 6.50. The van der Waals surface area contributed by atoms with Crippen molar-refractivity contribution in [2.24, 2.45) is 0 Å². The number of carbonyl (C=O) groups is 3. The van der Waals surface area contributed by atoms with Gasteiger partial charge in [0.05, 0.1) is 0 Å². The minimum Gasteiger partial charge on any atom is -0.462 e. The number of allylic oxidation sites excluding steroid dienone is 10. The summed E-state index contributed by atoms with van der Waals surface area (Å²) in [6.07, 6.45) is 79.6. The molecule has 0 bridgehead atoms. The molecule has 0 saturated heterocycles. The Bertz CT molecular complexity index is 1330. The standard InChI is InChI=1S/C68H122O6/c1-4-7-10-13-16-19-22-24-26-28-30-32-34-36-38-40-42-44-46-49-52-55-58-61-67(70)73-64-65(63-72-66(69)60-57-54-51-48-21-18-15-12-9-6-3)74-68(71)62-59-56-53-50-47-45-43-41-39-37-35-33-31-29-27-25-23-20-17-14-11-8-5-2/h7,10,12,15-16,19,24,26,30,32,65H,4-6,8-9,11,13-14,17-18,20-23,25,27-29,31,33-64H2,1-3H3/b10-7-,15-12-,19-16-,26-24-,32-30-. The summed E-state index contributed by atoms with van der Waals surface area (Å²) in [5, 5.41) is 0. The highest BCUT2D eigenvalue weighted by molar-refractivity contribution is 5.71. The van der Waals surface area contributed by atoms with Crippen LogP contribution in [0.4, 0.5) is 0 Å². The minimum atomic E-state index is -0.777. The van der Waals surface area contributed by atoms with Crippen LogP contribution in [-0.2, 0) is 28.6 Å². The van der Waals surface area contributed by atoms with Crippen LogP contribution in [0.2, 0.25) is 0 Å². The van der Waals surface area contributed by atoms with Gasteiger partial charge in [0.1, 0.15) is 13.2 Å². The lowest BCUT2D eigenvalue weighted by Crippen LogP contribution is -2.30. The number of carbonyl (C=O) groups excluding carboxylic acids is 3. The predicted octanol–water partition coefficient (Wildman–Crippen LogP) is 21.9. The molecule has 430 valence electrons. The van der Waals surface area contributed by atoms with Gasteiger partial charge in [-0.2, -0.15) is 0 Å². The van der Waals surface area contributed by atoms with Crippen LogP contribution in [0.3, 0.4) is 0 Å². The highest BCUT2D eigenvalue weighted by Crippen LogP contribution is 2.18. The molecule has 6 heteroatoms. The molecule has 0 heterocycles. The van der Waals surface area contributed by atoms with Crippen molar-refractivity contribution in [2.75, 3.05) is 13.2 Å². The maximum Gasteiger partial charge on any atom is 0.306 e. The number of rotatable bonds is 59. The van der Waals surface area contributed by atoms with Crippen LogP contribution in [0.15, 0.2) is 60.8 Å². The maximum atomic E-state index is 12.9. The zero-order chi connectivity index (χ0) is 53.6. The molecule has 0 aliphatic heterocycles. The number of hydrogen-bond donors (Lipinski definition) is 0. The molecule has 0 aromatic carbocycles. The molecule has 74 heavy (non-hydrogen) atoms. The van der Waals surface area contributed by atoms with Crippen molar-refractivity contribution in [3.05, 3.63) is 60.8 Å². The van der Waals surface area contributed by atoms with E-state index in [2.05, 4.69) is 81.5 Å². The Labute approximate surface area is 460 Å². The van der Waals surface area contributed by atoms with Crippen molar-refractivity contribution in [3.8, 4) is 0 Å². The normalized spacial score (nSPS) is 12.4. The minimum absolute atomic E-state index is 0.0760. The lowest BCUT2D eigenvalue weighted by molar-refractivity contribution is -0.167. The van der Waals surface area contributed by atoms with Crippen LogP contribution in [0, 0.1) is 0 Å². The van der Waals surface area contributed by atoms with Crippen LogP contribution in [0.1, 0.15) is 335 Å². The van der Waals surface area contributed by atoms with Gasteiger partial charge in [-0.25, -0.2) is 0 Å². The second-order valence-corrected chi connectivity index (χ2v) is 21.6. The molecule has 0 N–H and O–H groups in total. The molecule has 0 radical (unpaired) electrons. The largest absolute Gasteiger partial charge is 0.462 e. The molecular weight excluding hydrogens is 913 g/mol. The average Bonchev–Trinajstić information content (AvgIpc) is 3.40. The van der Waals surface area contributed by atoms with Crippen molar-refractivity contribution in [2.45, 2.75) is 341 Å². The molecule has 0 aromatic rings. The summed E-state index contributed by atoms with van der Waals surface area (Å²) >= 11 is 0. The molecular formula is C68H122O6. The van der Waals surface area contributed by atoms with Gasteiger partial charge in [0.15, 0.2) is 6.10 Å². The van der Waals surface area contributed by atoms with Crippen LogP contribution in [-0.4, -0.2) is 37.2 Å². The van der Waals surface area contributed by atoms with Gasteiger partial charge in [-0.05, 0) is 77.0 Å². The summed E-state index contributed by atoms with van der Waals surface area (Å²) in [5.74, 6) is -0.873. The van der Waals surface area contributed by atoms with E-state index < -0.39 is 6.10 Å². The van der Waals surface area contributed by atoms with E-state index in [1.807, 2.05) is 0 Å². The zero-order valence-electron chi connectivity index (χ0n) is 49.4. The molecule has 0 spiro atoms. The molecule has 0 fully saturated rings. The van der Waals surface area contributed by atoms with Crippen molar-refractivity contribution in [1.82, 2.24) is 0 Å². The SMILES string of the molecule is CC/C=C\C/C=C\C/C=C\C/C=C\CCCCCCCCCCCCC(=O)OCC(COC(=O)CCCCCCC/C=C\CCC)OC(=O)CCCCCCCCCCCCCCCCCCCCCCCCC. The van der Waals surface area contributed by atoms with E-state index in [4.69, 9.17) is 14.2 Å². The first-order valence-electron chi connectivity index (χ1n) is 32.3. The third kappa shape index (κ3) is 60.0. The first kappa shape index (κ1) is 71.1. The van der Waals surface area contributed by atoms with Crippen molar-refractivity contribution in [1.29, 1.82) is 0 Å². The highest BCUT2D eigenvalue weighted by Gasteiger charge is 2.19. The van der Waals surface area contributed by atoms with Gasteiger partial charge >= 0.3 is 17.9 Å². The van der Waals surface area contributed by atoms with E-state index in [0.29, 0.717) is 19.3 Å². The third-order valence-corrected chi connectivity index (χ3v) is 14.2. The highest BCUT2D eigenvalue weighted by atomic mass is 16.6. The van der Waals surface area contributed by atoms with Gasteiger partial charge in [0.25, 0.3) is 0 Å². The Morgan fingerprint density at radius 1 is 0.284 bits per heavy atom. The van der Waals surface area contributed by atoms with Gasteiger partial charge in [-0.3, -0.25) is 14.4 Å². The molecule has 1 atom stereocenters. The molecule has 0 rings (SSSR count). The molecule has 0 amide bonds. The first-order chi connectivity index (χ1) is 36.5. The molecule has 0 aliphatic carbocycles. The Morgan fingerprint density at radius 2 is 0.554 bits per heavy atom. The molecule has 6 nitrogen and oxygen atoms in total. The summed E-state index contributed by atoms with van der Waals surface area (Å²) in [5.41, 5.74) is 0. The predicted molar refractivity (Wildman–Crippen MR) is 321 cm³/mol. The smallest absolute Gasteiger partial charge is 0.306 e. The molecule has 1 unspecified atom stereocenters. The number of hydrogen-bond acceptors (Lipinski definition) is 6. The van der Waals surface area contributed by atoms with Gasteiger partial charge in [0.2, 0.25) is 0 Å². The fourth-order valence-corrected chi connectivity index (χ4v) is 9.44. The van der Waals surface area contributed by atoms with Crippen LogP contribution in [0.5, 0.6) is 0 Å². The third-order valence-electron chi connectivity index (χ3n) is 14.2. The summed E-state index contributed by atoms with van der Waals surface area (Å²) in [6, 6.07) is 0. The van der Waals surface area contributed by atoms with E-state index in [1.54, 1.807) is 0 Å². The summed E-state index contributed by atoms with van der Waals surface area (Å²) in [7, 11) is 0. The van der Waals surface area contributed by atoms with E-state index in [0.717, 1.165) is 96.3 Å². The second kappa shape index (κ2) is 62.6. The van der Waals surface area contributed by atoms with E-state index in [9.17, 15) is 14.4 Å². The van der Waals surface area contributed by atoms with E-state index in [1.165, 1.54) is 199 Å². The number of esters is 3. The van der Waals surface area contributed by atoms with Crippen molar-refractivity contribution >= 4 is 17.9 Å². The topological polar surface area (TPSA) is 78.9 Å². The zero-order valence-corrected chi connectivity index (χ0v) is 49.4. The Morgan fingerprint density at radius 3 is 0.892 bits per heavy atom. The molecule has 0 aromatic heterocycles. The Balaban J connectivity index is 4.21. The quantitative estimate of drug-likeness (QED) is 0.0261. The maximum absolute atomic E-state index is 12.9. The fraction of sp³-hybridized carbons (Fsp3) is 0.809. The van der Waals surface area contributed by atoms with Crippen LogP contribution >= 0.6 is 0 Å². The summed E-state index contributed by atoms with van der Waals surface area (Å²) in [4.78, 5) is 38.2.